The normalized spacial score (nSPS) is 38.9. The van der Waals surface area contributed by atoms with Crippen molar-refractivity contribution in [2.24, 2.45) is 11.3 Å². The Bertz CT molecular complexity index is 288. The largest absolute Gasteiger partial charge is 0.388 e. The summed E-state index contributed by atoms with van der Waals surface area (Å²) in [7, 11) is 0. The van der Waals surface area contributed by atoms with Gasteiger partial charge in [-0.1, -0.05) is 39.0 Å². The van der Waals surface area contributed by atoms with Crippen LogP contribution < -0.4 is 0 Å². The number of nitriles is 1. The van der Waals surface area contributed by atoms with Gasteiger partial charge >= 0.3 is 0 Å². The van der Waals surface area contributed by atoms with Crippen molar-refractivity contribution in [3.8, 4) is 6.07 Å². The minimum Gasteiger partial charge on any atom is -0.388 e. The maximum absolute atomic E-state index is 10.9. The fourth-order valence-corrected chi connectivity index (χ4v) is 3.79. The van der Waals surface area contributed by atoms with E-state index in [1.807, 2.05) is 0 Å². The molecule has 0 aliphatic heterocycles. The second kappa shape index (κ2) is 4.37. The minimum absolute atomic E-state index is 0.431. The molecule has 0 radical (unpaired) electrons. The van der Waals surface area contributed by atoms with Crippen molar-refractivity contribution in [1.82, 2.24) is 0 Å². The first kappa shape index (κ1) is 11.9. The number of hydrogen-bond donors (Lipinski definition) is 1. The summed E-state index contributed by atoms with van der Waals surface area (Å²) in [5.74, 6) is 0.575. The van der Waals surface area contributed by atoms with Gasteiger partial charge in [-0.2, -0.15) is 5.26 Å². The standard InChI is InChI=1S/C14H23NO/c1-12-6-5-9-14(16,10-12)13(11-15)7-3-2-4-8-13/h12,16H,2-10H2,1H3. The lowest BCUT2D eigenvalue weighted by Gasteiger charge is -2.48. The second-order valence-electron chi connectivity index (χ2n) is 5.99. The molecule has 0 heterocycles. The molecule has 0 aromatic rings. The van der Waals surface area contributed by atoms with E-state index in [4.69, 9.17) is 0 Å². The third kappa shape index (κ3) is 1.86. The van der Waals surface area contributed by atoms with Gasteiger partial charge in [0.15, 0.2) is 0 Å². The molecule has 2 heteroatoms. The summed E-state index contributed by atoms with van der Waals surface area (Å²) in [6, 6.07) is 2.50. The fraction of sp³-hybridized carbons (Fsp3) is 0.929. The van der Waals surface area contributed by atoms with E-state index in [0.717, 1.165) is 44.9 Å². The Labute approximate surface area is 98.7 Å². The van der Waals surface area contributed by atoms with Crippen LogP contribution in [0.4, 0.5) is 0 Å². The van der Waals surface area contributed by atoms with Crippen molar-refractivity contribution in [1.29, 1.82) is 5.26 Å². The van der Waals surface area contributed by atoms with Crippen molar-refractivity contribution >= 4 is 0 Å². The van der Waals surface area contributed by atoms with Crippen molar-refractivity contribution in [3.63, 3.8) is 0 Å². The highest BCUT2D eigenvalue weighted by atomic mass is 16.3. The zero-order valence-corrected chi connectivity index (χ0v) is 10.3. The lowest BCUT2D eigenvalue weighted by Crippen LogP contribution is -2.51. The molecule has 1 N–H and O–H groups in total. The third-order valence-electron chi connectivity index (χ3n) is 4.79. The Morgan fingerprint density at radius 1 is 1.12 bits per heavy atom. The van der Waals surface area contributed by atoms with Crippen LogP contribution in [0.5, 0.6) is 0 Å². The molecule has 2 aliphatic rings. The quantitative estimate of drug-likeness (QED) is 0.737. The molecule has 2 aliphatic carbocycles. The molecule has 2 rings (SSSR count). The number of aliphatic hydroxyl groups is 1. The monoisotopic (exact) mass is 221 g/mol. The molecule has 16 heavy (non-hydrogen) atoms. The number of rotatable bonds is 1. The Morgan fingerprint density at radius 2 is 1.81 bits per heavy atom. The van der Waals surface area contributed by atoms with Gasteiger partial charge in [0, 0.05) is 0 Å². The van der Waals surface area contributed by atoms with E-state index in [1.165, 1.54) is 12.8 Å². The second-order valence-corrected chi connectivity index (χ2v) is 5.99. The first-order valence-electron chi connectivity index (χ1n) is 6.76. The lowest BCUT2D eigenvalue weighted by atomic mass is 9.58. The first-order valence-corrected chi connectivity index (χ1v) is 6.76. The molecule has 2 unspecified atom stereocenters. The van der Waals surface area contributed by atoms with Crippen molar-refractivity contribution in [3.05, 3.63) is 0 Å². The molecule has 0 aromatic heterocycles. The van der Waals surface area contributed by atoms with Crippen LogP contribution in [0.2, 0.25) is 0 Å². The molecule has 0 bridgehead atoms. The Morgan fingerprint density at radius 3 is 2.38 bits per heavy atom. The van der Waals surface area contributed by atoms with Crippen LogP contribution in [0, 0.1) is 22.7 Å². The molecule has 90 valence electrons. The Kier molecular flexibility index (Phi) is 3.26. The highest BCUT2D eigenvalue weighted by molar-refractivity contribution is 5.13. The van der Waals surface area contributed by atoms with Gasteiger partial charge in [0.1, 0.15) is 0 Å². The summed E-state index contributed by atoms with van der Waals surface area (Å²) in [6.07, 6.45) is 9.25. The molecule has 0 saturated heterocycles. The maximum atomic E-state index is 10.9. The molecule has 2 saturated carbocycles. The van der Waals surface area contributed by atoms with E-state index >= 15 is 0 Å². The van der Waals surface area contributed by atoms with E-state index in [2.05, 4.69) is 13.0 Å². The van der Waals surface area contributed by atoms with Gasteiger partial charge < -0.3 is 5.11 Å². The molecular formula is C14H23NO. The van der Waals surface area contributed by atoms with Gasteiger partial charge in [0.2, 0.25) is 0 Å². The van der Waals surface area contributed by atoms with E-state index in [0.29, 0.717) is 5.92 Å². The zero-order chi connectivity index (χ0) is 11.6. The van der Waals surface area contributed by atoms with Gasteiger partial charge in [0.05, 0.1) is 17.1 Å². The highest BCUT2D eigenvalue weighted by Crippen LogP contribution is 2.51. The van der Waals surface area contributed by atoms with Crippen molar-refractivity contribution in [2.75, 3.05) is 0 Å². The summed E-state index contributed by atoms with van der Waals surface area (Å²) in [4.78, 5) is 0. The highest BCUT2D eigenvalue weighted by Gasteiger charge is 2.52. The number of hydrogen-bond acceptors (Lipinski definition) is 2. The lowest BCUT2D eigenvalue weighted by molar-refractivity contribution is -0.108. The first-order chi connectivity index (χ1) is 7.62. The zero-order valence-electron chi connectivity index (χ0n) is 10.3. The molecular weight excluding hydrogens is 198 g/mol. The van der Waals surface area contributed by atoms with E-state index in [-0.39, 0.29) is 0 Å². The summed E-state index contributed by atoms with van der Waals surface area (Å²) < 4.78 is 0. The third-order valence-corrected chi connectivity index (χ3v) is 4.79. The topological polar surface area (TPSA) is 44.0 Å². The Hall–Kier alpha value is -0.550. The molecule has 0 amide bonds. The van der Waals surface area contributed by atoms with Crippen LogP contribution in [0.1, 0.15) is 64.7 Å². The van der Waals surface area contributed by atoms with Crippen LogP contribution in [0.3, 0.4) is 0 Å². The Balaban J connectivity index is 2.21. The van der Waals surface area contributed by atoms with Crippen molar-refractivity contribution in [2.45, 2.75) is 70.3 Å². The van der Waals surface area contributed by atoms with Gasteiger partial charge in [-0.25, -0.2) is 0 Å². The summed E-state index contributed by atoms with van der Waals surface area (Å²) in [5, 5.41) is 20.4. The average Bonchev–Trinajstić information content (AvgIpc) is 2.29. The molecule has 2 fully saturated rings. The molecule has 0 spiro atoms. The summed E-state index contributed by atoms with van der Waals surface area (Å²) >= 11 is 0. The predicted molar refractivity (Wildman–Crippen MR) is 63.7 cm³/mol. The van der Waals surface area contributed by atoms with Crippen LogP contribution in [-0.4, -0.2) is 10.7 Å². The van der Waals surface area contributed by atoms with E-state index in [1.54, 1.807) is 0 Å². The average molecular weight is 221 g/mol. The van der Waals surface area contributed by atoms with Crippen LogP contribution in [0.15, 0.2) is 0 Å². The summed E-state index contributed by atoms with van der Waals surface area (Å²) in [6.45, 7) is 2.21. The molecule has 2 nitrogen and oxygen atoms in total. The molecule has 2 atom stereocenters. The van der Waals surface area contributed by atoms with Gasteiger partial charge in [-0.15, -0.1) is 0 Å². The smallest absolute Gasteiger partial charge is 0.0860 e. The van der Waals surface area contributed by atoms with Crippen LogP contribution >= 0.6 is 0 Å². The maximum Gasteiger partial charge on any atom is 0.0860 e. The van der Waals surface area contributed by atoms with Gasteiger partial charge in [-0.3, -0.25) is 0 Å². The van der Waals surface area contributed by atoms with E-state index in [9.17, 15) is 10.4 Å². The van der Waals surface area contributed by atoms with Crippen LogP contribution in [0.25, 0.3) is 0 Å². The minimum atomic E-state index is -0.695. The van der Waals surface area contributed by atoms with Crippen LogP contribution in [-0.2, 0) is 0 Å². The number of nitrogens with zero attached hydrogens (tertiary/aromatic N) is 1. The summed E-state index contributed by atoms with van der Waals surface area (Å²) in [5.41, 5.74) is -1.13. The van der Waals surface area contributed by atoms with Gasteiger partial charge in [0.25, 0.3) is 0 Å². The SMILES string of the molecule is CC1CCCC(O)(C2(C#N)CCCCC2)C1. The van der Waals surface area contributed by atoms with E-state index < -0.39 is 11.0 Å². The molecule has 0 aromatic carbocycles. The van der Waals surface area contributed by atoms with Gasteiger partial charge in [-0.05, 0) is 31.6 Å². The predicted octanol–water partition coefficient (Wildman–Crippen LogP) is 3.40. The fourth-order valence-electron chi connectivity index (χ4n) is 3.79. The van der Waals surface area contributed by atoms with Crippen molar-refractivity contribution < 1.29 is 5.11 Å².